The van der Waals surface area contributed by atoms with Crippen LogP contribution in [-0.4, -0.2) is 17.8 Å². The molecule has 0 unspecified atom stereocenters. The van der Waals surface area contributed by atoms with E-state index in [0.717, 1.165) is 16.9 Å². The molecule has 1 heterocycles. The number of anilines is 2. The summed E-state index contributed by atoms with van der Waals surface area (Å²) in [5.41, 5.74) is 2.82. The van der Waals surface area contributed by atoms with E-state index in [9.17, 15) is 20.0 Å². The number of allylic oxidation sites excluding steroid dienone is 1. The van der Waals surface area contributed by atoms with Crippen LogP contribution < -0.4 is 20.5 Å². The molecule has 1 aliphatic carbocycles. The molecule has 1 aliphatic heterocycles. The van der Waals surface area contributed by atoms with Crippen molar-refractivity contribution in [3.05, 3.63) is 98.7 Å². The maximum absolute atomic E-state index is 13.7. The Morgan fingerprint density at radius 3 is 2.51 bits per heavy atom. The van der Waals surface area contributed by atoms with Crippen LogP contribution in [0.15, 0.2) is 72.4 Å². The molecule has 2 N–H and O–H groups in total. The summed E-state index contributed by atoms with van der Waals surface area (Å²) in [6.45, 7) is 0. The number of methoxy groups -OCH3 is 1. The van der Waals surface area contributed by atoms with Crippen LogP contribution in [0.4, 0.5) is 17.1 Å². The molecule has 9 heteroatoms. The second kappa shape index (κ2) is 8.96. The fourth-order valence-electron chi connectivity index (χ4n) is 4.83. The molecule has 3 aromatic carbocycles. The molecule has 0 saturated heterocycles. The molecule has 0 fully saturated rings. The highest BCUT2D eigenvalue weighted by Crippen LogP contribution is 2.47. The van der Waals surface area contributed by atoms with Gasteiger partial charge in [0.15, 0.2) is 0 Å². The summed E-state index contributed by atoms with van der Waals surface area (Å²) < 4.78 is 5.14. The molecular formula is C26H21ClN3O5-. The Hall–Kier alpha value is -4.04. The van der Waals surface area contributed by atoms with Crippen LogP contribution in [-0.2, 0) is 4.79 Å². The molecule has 0 aromatic heterocycles. The minimum absolute atomic E-state index is 0.0574. The van der Waals surface area contributed by atoms with Crippen molar-refractivity contribution in [3.8, 4) is 11.5 Å². The summed E-state index contributed by atoms with van der Waals surface area (Å²) in [7, 11) is 1.28. The number of ether oxygens (including phenoxy) is 1. The van der Waals surface area contributed by atoms with Crippen LogP contribution in [0.2, 0.25) is 5.02 Å². The third-order valence-electron chi connectivity index (χ3n) is 6.47. The quantitative estimate of drug-likeness (QED) is 0.383. The summed E-state index contributed by atoms with van der Waals surface area (Å²) in [5, 5.41) is 31.4. The monoisotopic (exact) mass is 490 g/mol. The number of nitro groups is 1. The number of rotatable bonds is 4. The van der Waals surface area contributed by atoms with Crippen molar-refractivity contribution in [2.45, 2.75) is 18.4 Å². The standard InChI is InChI=1S/C26H22ClN3O5/c1-35-23-13-15(11-21(26(23)32)30(33)34)25-24-20(28-18-8-4-5-9-19(18)29-25)10-14(12-22(24)31)16-6-2-3-7-17(16)27/h2-11,13-14,24-25,28-29,32H,12H2,1H3/p-1/t14-,24+,25+/m1/s1. The Labute approximate surface area is 206 Å². The number of Topliss-reactive ketones (excluding diaryl/α,β-unsaturated/α-hetero) is 1. The third-order valence-corrected chi connectivity index (χ3v) is 6.82. The van der Waals surface area contributed by atoms with Crippen molar-refractivity contribution in [3.63, 3.8) is 0 Å². The van der Waals surface area contributed by atoms with Gasteiger partial charge in [0.2, 0.25) is 0 Å². The van der Waals surface area contributed by atoms with Crippen LogP contribution in [0.5, 0.6) is 11.5 Å². The van der Waals surface area contributed by atoms with Gasteiger partial charge in [0, 0.05) is 34.9 Å². The topological polar surface area (TPSA) is 117 Å². The van der Waals surface area contributed by atoms with E-state index in [1.807, 2.05) is 48.5 Å². The van der Waals surface area contributed by atoms with Crippen molar-refractivity contribution < 1.29 is 19.6 Å². The van der Waals surface area contributed by atoms with E-state index in [-0.39, 0.29) is 23.9 Å². The summed E-state index contributed by atoms with van der Waals surface area (Å²) in [5.74, 6) is -1.92. The molecule has 0 spiro atoms. The van der Waals surface area contributed by atoms with Gasteiger partial charge in [0.05, 0.1) is 35.4 Å². The highest BCUT2D eigenvalue weighted by atomic mass is 35.5. The predicted octanol–water partition coefficient (Wildman–Crippen LogP) is 5.17. The number of nitrogens with one attached hydrogen (secondary N) is 2. The lowest BCUT2D eigenvalue weighted by atomic mass is 9.76. The van der Waals surface area contributed by atoms with E-state index in [0.29, 0.717) is 16.3 Å². The van der Waals surface area contributed by atoms with Gasteiger partial charge >= 0.3 is 0 Å². The zero-order valence-corrected chi connectivity index (χ0v) is 19.4. The van der Waals surface area contributed by atoms with Crippen molar-refractivity contribution in [2.75, 3.05) is 17.7 Å². The predicted molar refractivity (Wildman–Crippen MR) is 131 cm³/mol. The van der Waals surface area contributed by atoms with Gasteiger partial charge in [-0.2, -0.15) is 0 Å². The van der Waals surface area contributed by atoms with Gasteiger partial charge in [-0.3, -0.25) is 14.9 Å². The Kier molecular flexibility index (Phi) is 5.82. The summed E-state index contributed by atoms with van der Waals surface area (Å²) in [6.07, 6.45) is 2.21. The van der Waals surface area contributed by atoms with Gasteiger partial charge in [-0.1, -0.05) is 48.0 Å². The average Bonchev–Trinajstić information content (AvgIpc) is 3.01. The zero-order chi connectivity index (χ0) is 24.7. The lowest BCUT2D eigenvalue weighted by molar-refractivity contribution is -0.398. The number of nitrogens with zero attached hydrogens (tertiary/aromatic N) is 1. The van der Waals surface area contributed by atoms with Crippen molar-refractivity contribution >= 4 is 34.4 Å². The zero-order valence-electron chi connectivity index (χ0n) is 18.7. The maximum atomic E-state index is 13.7. The van der Waals surface area contributed by atoms with Gasteiger partial charge in [-0.15, -0.1) is 0 Å². The normalized spacial score (nSPS) is 20.9. The van der Waals surface area contributed by atoms with Gasteiger partial charge in [0.25, 0.3) is 5.69 Å². The van der Waals surface area contributed by atoms with Crippen molar-refractivity contribution in [2.24, 2.45) is 5.92 Å². The average molecular weight is 491 g/mol. The highest BCUT2D eigenvalue weighted by molar-refractivity contribution is 6.31. The number of hydrogen-bond acceptors (Lipinski definition) is 7. The van der Waals surface area contributed by atoms with Crippen LogP contribution >= 0.6 is 11.6 Å². The SMILES string of the molecule is COc1cc([C@@H]2Nc3ccccc3NC3=C[C@@H](c4ccccc4Cl)CC(=O)[C@H]32)cc([N+](=O)[O-])c1[O-]. The Morgan fingerprint density at radius 2 is 1.80 bits per heavy atom. The number of carbonyl (C=O) groups excluding carboxylic acids is 1. The molecule has 8 nitrogen and oxygen atoms in total. The largest absolute Gasteiger partial charge is 0.865 e. The Balaban J connectivity index is 1.68. The number of halogens is 1. The first-order valence-corrected chi connectivity index (χ1v) is 11.4. The van der Waals surface area contributed by atoms with Crippen molar-refractivity contribution in [1.29, 1.82) is 0 Å². The maximum Gasteiger partial charge on any atom is 0.265 e. The molecule has 0 saturated carbocycles. The minimum Gasteiger partial charge on any atom is -0.865 e. The first kappa shape index (κ1) is 22.7. The second-order valence-electron chi connectivity index (χ2n) is 8.52. The Bertz CT molecular complexity index is 1370. The van der Waals surface area contributed by atoms with Crippen LogP contribution in [0.1, 0.15) is 29.5 Å². The molecule has 5 rings (SSSR count). The summed E-state index contributed by atoms with van der Waals surface area (Å²) in [6, 6.07) is 16.9. The number of nitro benzene ring substituents is 1. The van der Waals surface area contributed by atoms with E-state index in [4.69, 9.17) is 16.3 Å². The van der Waals surface area contributed by atoms with Gasteiger partial charge in [0.1, 0.15) is 11.5 Å². The van der Waals surface area contributed by atoms with Crippen molar-refractivity contribution in [1.82, 2.24) is 0 Å². The number of ketones is 1. The fraction of sp³-hybridized carbons (Fsp3) is 0.192. The first-order chi connectivity index (χ1) is 16.9. The van der Waals surface area contributed by atoms with Gasteiger partial charge < -0.3 is 20.5 Å². The number of fused-ring (bicyclic) bond motifs is 2. The molecule has 0 amide bonds. The van der Waals surface area contributed by atoms with Crippen LogP contribution in [0, 0.1) is 16.0 Å². The summed E-state index contributed by atoms with van der Waals surface area (Å²) >= 11 is 6.43. The number of hydrogen-bond donors (Lipinski definition) is 2. The summed E-state index contributed by atoms with van der Waals surface area (Å²) in [4.78, 5) is 24.5. The highest BCUT2D eigenvalue weighted by Gasteiger charge is 2.40. The molecule has 2 aliphatic rings. The third kappa shape index (κ3) is 4.06. The number of para-hydroxylation sites is 2. The Morgan fingerprint density at radius 1 is 1.09 bits per heavy atom. The minimum atomic E-state index is -0.807. The number of carbonyl (C=O) groups is 1. The van der Waals surface area contributed by atoms with E-state index in [2.05, 4.69) is 10.6 Å². The van der Waals surface area contributed by atoms with Gasteiger partial charge in [-0.05, 0) is 35.4 Å². The molecule has 35 heavy (non-hydrogen) atoms. The van der Waals surface area contributed by atoms with Crippen LogP contribution in [0.3, 0.4) is 0 Å². The van der Waals surface area contributed by atoms with E-state index < -0.39 is 28.3 Å². The second-order valence-corrected chi connectivity index (χ2v) is 8.93. The molecule has 3 atom stereocenters. The first-order valence-electron chi connectivity index (χ1n) is 11.0. The van der Waals surface area contributed by atoms with E-state index in [1.54, 1.807) is 6.07 Å². The van der Waals surface area contributed by atoms with Crippen LogP contribution in [0.25, 0.3) is 0 Å². The fourth-order valence-corrected chi connectivity index (χ4v) is 5.11. The lowest BCUT2D eigenvalue weighted by Crippen LogP contribution is -2.34. The van der Waals surface area contributed by atoms with Gasteiger partial charge in [-0.25, -0.2) is 0 Å². The molecule has 0 radical (unpaired) electrons. The van der Waals surface area contributed by atoms with E-state index >= 15 is 0 Å². The smallest absolute Gasteiger partial charge is 0.265 e. The molecule has 3 aromatic rings. The molecule has 0 bridgehead atoms. The lowest BCUT2D eigenvalue weighted by Gasteiger charge is -2.33. The number of benzene rings is 3. The molecule has 178 valence electrons. The van der Waals surface area contributed by atoms with E-state index in [1.165, 1.54) is 19.2 Å². The molecular weight excluding hydrogens is 470 g/mol.